The van der Waals surface area contributed by atoms with Gasteiger partial charge in [0, 0.05) is 6.20 Å². The van der Waals surface area contributed by atoms with Crippen molar-refractivity contribution in [2.45, 2.75) is 0 Å². The summed E-state index contributed by atoms with van der Waals surface area (Å²) in [6.07, 6.45) is 1.48. The molecule has 2 aromatic carbocycles. The van der Waals surface area contributed by atoms with Crippen LogP contribution in [0.3, 0.4) is 0 Å². The first-order valence-electron chi connectivity index (χ1n) is 6.15. The van der Waals surface area contributed by atoms with Crippen LogP contribution in [-0.4, -0.2) is 9.55 Å². The maximum absolute atomic E-state index is 13.0. The molecule has 98 valence electrons. The van der Waals surface area contributed by atoms with Crippen molar-refractivity contribution in [1.82, 2.24) is 9.55 Å². The van der Waals surface area contributed by atoms with Crippen LogP contribution in [0.25, 0.3) is 16.9 Å². The molecule has 0 saturated carbocycles. The van der Waals surface area contributed by atoms with Crippen molar-refractivity contribution in [2.24, 2.45) is 0 Å². The Hall–Kier alpha value is -2.75. The molecular formula is C16H11FN2O. The normalized spacial score (nSPS) is 10.4. The number of halogens is 1. The molecule has 1 heterocycles. The highest BCUT2D eigenvalue weighted by atomic mass is 19.1. The first kappa shape index (κ1) is 12.3. The van der Waals surface area contributed by atoms with Crippen LogP contribution < -0.4 is 5.69 Å². The predicted molar refractivity (Wildman–Crippen MR) is 75.2 cm³/mol. The van der Waals surface area contributed by atoms with Crippen molar-refractivity contribution in [3.05, 3.63) is 83.2 Å². The molecule has 0 fully saturated rings. The Morgan fingerprint density at radius 1 is 0.900 bits per heavy atom. The summed E-state index contributed by atoms with van der Waals surface area (Å²) in [6.45, 7) is 0. The van der Waals surface area contributed by atoms with Gasteiger partial charge in [-0.15, -0.1) is 0 Å². The summed E-state index contributed by atoms with van der Waals surface area (Å²) in [5, 5.41) is 0. The van der Waals surface area contributed by atoms with E-state index >= 15 is 0 Å². The monoisotopic (exact) mass is 266 g/mol. The van der Waals surface area contributed by atoms with Gasteiger partial charge in [-0.2, -0.15) is 0 Å². The average molecular weight is 266 g/mol. The Balaban J connectivity index is 2.25. The van der Waals surface area contributed by atoms with E-state index in [1.54, 1.807) is 18.2 Å². The third-order valence-corrected chi connectivity index (χ3v) is 3.00. The summed E-state index contributed by atoms with van der Waals surface area (Å²) in [5.74, 6) is -0.341. The minimum Gasteiger partial charge on any atom is -0.261 e. The van der Waals surface area contributed by atoms with Gasteiger partial charge in [0.15, 0.2) is 0 Å². The zero-order valence-corrected chi connectivity index (χ0v) is 10.5. The fraction of sp³-hybridized carbons (Fsp3) is 0. The third-order valence-electron chi connectivity index (χ3n) is 3.00. The molecule has 0 aliphatic heterocycles. The summed E-state index contributed by atoms with van der Waals surface area (Å²) in [7, 11) is 0. The van der Waals surface area contributed by atoms with E-state index in [0.717, 1.165) is 11.3 Å². The fourth-order valence-corrected chi connectivity index (χ4v) is 2.08. The molecule has 0 radical (unpaired) electrons. The minimum atomic E-state index is -0.391. The molecule has 20 heavy (non-hydrogen) atoms. The minimum absolute atomic E-state index is 0.341. The molecule has 0 N–H and O–H groups in total. The highest BCUT2D eigenvalue weighted by Gasteiger charge is 2.08. The highest BCUT2D eigenvalue weighted by Crippen LogP contribution is 2.20. The number of hydrogen-bond donors (Lipinski definition) is 0. The summed E-state index contributed by atoms with van der Waals surface area (Å²) in [6, 6.07) is 17.1. The number of nitrogens with zero attached hydrogens (tertiary/aromatic N) is 2. The van der Waals surface area contributed by atoms with E-state index in [1.165, 1.54) is 22.9 Å². The molecule has 1 aromatic heterocycles. The predicted octanol–water partition coefficient (Wildman–Crippen LogP) is 3.04. The molecule has 3 nitrogen and oxygen atoms in total. The number of aromatic nitrogens is 2. The van der Waals surface area contributed by atoms with Gasteiger partial charge in [0.05, 0.1) is 11.4 Å². The van der Waals surface area contributed by atoms with Crippen LogP contribution in [0.4, 0.5) is 4.39 Å². The van der Waals surface area contributed by atoms with Crippen LogP contribution >= 0.6 is 0 Å². The van der Waals surface area contributed by atoms with E-state index in [4.69, 9.17) is 0 Å². The second-order valence-corrected chi connectivity index (χ2v) is 4.29. The van der Waals surface area contributed by atoms with Crippen LogP contribution in [0.2, 0.25) is 0 Å². The summed E-state index contributed by atoms with van der Waals surface area (Å²) in [4.78, 5) is 15.8. The van der Waals surface area contributed by atoms with Crippen molar-refractivity contribution in [1.29, 1.82) is 0 Å². The van der Waals surface area contributed by atoms with E-state index in [0.29, 0.717) is 5.69 Å². The van der Waals surface area contributed by atoms with Gasteiger partial charge in [-0.1, -0.05) is 30.3 Å². The van der Waals surface area contributed by atoms with E-state index in [-0.39, 0.29) is 5.82 Å². The van der Waals surface area contributed by atoms with Gasteiger partial charge in [-0.05, 0) is 35.9 Å². The standard InChI is InChI=1S/C16H11FN2O/c17-13-6-8-14(9-7-13)19-15(10-11-18-16(19)20)12-4-2-1-3-5-12/h1-11H. The smallest absolute Gasteiger partial charge is 0.261 e. The van der Waals surface area contributed by atoms with Crippen LogP contribution in [0, 0.1) is 5.82 Å². The Labute approximate surface area is 115 Å². The fourth-order valence-electron chi connectivity index (χ4n) is 2.08. The molecule has 0 bridgehead atoms. The third kappa shape index (κ3) is 2.23. The Kier molecular flexibility index (Phi) is 3.13. The van der Waals surface area contributed by atoms with Gasteiger partial charge in [-0.25, -0.2) is 14.2 Å². The lowest BCUT2D eigenvalue weighted by molar-refractivity contribution is 0.627. The Morgan fingerprint density at radius 3 is 2.30 bits per heavy atom. The lowest BCUT2D eigenvalue weighted by Crippen LogP contribution is -2.22. The Morgan fingerprint density at radius 2 is 1.60 bits per heavy atom. The molecule has 0 amide bonds. The summed E-state index contributed by atoms with van der Waals surface area (Å²) < 4.78 is 14.5. The molecule has 3 rings (SSSR count). The summed E-state index contributed by atoms with van der Waals surface area (Å²) >= 11 is 0. The maximum atomic E-state index is 13.0. The van der Waals surface area contributed by atoms with Crippen molar-refractivity contribution < 1.29 is 4.39 Å². The van der Waals surface area contributed by atoms with Gasteiger partial charge < -0.3 is 0 Å². The van der Waals surface area contributed by atoms with Gasteiger partial charge in [0.25, 0.3) is 0 Å². The van der Waals surface area contributed by atoms with Crippen molar-refractivity contribution in [2.75, 3.05) is 0 Å². The highest BCUT2D eigenvalue weighted by molar-refractivity contribution is 5.61. The quantitative estimate of drug-likeness (QED) is 0.714. The summed E-state index contributed by atoms with van der Waals surface area (Å²) in [5.41, 5.74) is 1.81. The van der Waals surface area contributed by atoms with Gasteiger partial charge in [-0.3, -0.25) is 4.57 Å². The van der Waals surface area contributed by atoms with E-state index in [1.807, 2.05) is 30.3 Å². The molecular weight excluding hydrogens is 255 g/mol. The Bertz CT molecular complexity index is 780. The molecule has 0 saturated heterocycles. The maximum Gasteiger partial charge on any atom is 0.352 e. The van der Waals surface area contributed by atoms with Gasteiger partial charge in [0.2, 0.25) is 0 Å². The van der Waals surface area contributed by atoms with Crippen LogP contribution in [0.15, 0.2) is 71.7 Å². The second-order valence-electron chi connectivity index (χ2n) is 4.29. The molecule has 0 aliphatic carbocycles. The molecule has 0 spiro atoms. The largest absolute Gasteiger partial charge is 0.352 e. The van der Waals surface area contributed by atoms with Crippen molar-refractivity contribution in [3.63, 3.8) is 0 Å². The number of hydrogen-bond acceptors (Lipinski definition) is 2. The molecule has 0 atom stereocenters. The zero-order chi connectivity index (χ0) is 13.9. The second kappa shape index (κ2) is 5.09. The van der Waals surface area contributed by atoms with E-state index in [9.17, 15) is 9.18 Å². The first-order valence-corrected chi connectivity index (χ1v) is 6.15. The SMILES string of the molecule is O=c1nccc(-c2ccccc2)n1-c1ccc(F)cc1. The van der Waals surface area contributed by atoms with Crippen LogP contribution in [0.5, 0.6) is 0 Å². The molecule has 0 unspecified atom stereocenters. The number of rotatable bonds is 2. The van der Waals surface area contributed by atoms with E-state index < -0.39 is 5.69 Å². The van der Waals surface area contributed by atoms with Crippen LogP contribution in [0.1, 0.15) is 0 Å². The van der Waals surface area contributed by atoms with Crippen molar-refractivity contribution in [3.8, 4) is 16.9 Å². The topological polar surface area (TPSA) is 34.9 Å². The van der Waals surface area contributed by atoms with Gasteiger partial charge in [0.1, 0.15) is 5.82 Å². The molecule has 4 heteroatoms. The first-order chi connectivity index (χ1) is 9.75. The average Bonchev–Trinajstić information content (AvgIpc) is 2.49. The van der Waals surface area contributed by atoms with Crippen molar-refractivity contribution >= 4 is 0 Å². The van der Waals surface area contributed by atoms with Crippen LogP contribution in [-0.2, 0) is 0 Å². The number of benzene rings is 2. The zero-order valence-electron chi connectivity index (χ0n) is 10.5. The van der Waals surface area contributed by atoms with Gasteiger partial charge >= 0.3 is 5.69 Å². The lowest BCUT2D eigenvalue weighted by Gasteiger charge is -2.11. The molecule has 3 aromatic rings. The molecule has 0 aliphatic rings. The van der Waals surface area contributed by atoms with E-state index in [2.05, 4.69) is 4.98 Å². The lowest BCUT2D eigenvalue weighted by atomic mass is 10.1.